The number of allylic oxidation sites excluding steroid dienone is 4. The van der Waals surface area contributed by atoms with Crippen LogP contribution in [0.1, 0.15) is 49.4 Å². The molecule has 3 atom stereocenters. The molecule has 2 saturated heterocycles. The molecular weight excluding hydrogens is 579 g/mol. The van der Waals surface area contributed by atoms with Gasteiger partial charge in [-0.05, 0) is 63.0 Å². The van der Waals surface area contributed by atoms with E-state index in [1.54, 1.807) is 0 Å². The fourth-order valence-electron chi connectivity index (χ4n) is 7.32. The van der Waals surface area contributed by atoms with E-state index in [9.17, 15) is 9.18 Å². The summed E-state index contributed by atoms with van der Waals surface area (Å²) < 4.78 is 17.9. The van der Waals surface area contributed by atoms with E-state index in [0.29, 0.717) is 32.6 Å². The Bertz CT molecular complexity index is 1710. The highest BCUT2D eigenvalue weighted by Gasteiger charge is 2.39. The first kappa shape index (κ1) is 29.0. The maximum atomic E-state index is 13.7. The SMILES string of the molecule is C=CC(=O)N1CCC(n2nc(-c3ccc4c(cnn4CCN4CC[C@H](F)C4)c3)c([C@@H]3C(Cl)=C(C)C=C4NN=CC43)c2C)CC1. The Morgan fingerprint density at radius 3 is 2.75 bits per heavy atom. The van der Waals surface area contributed by atoms with Gasteiger partial charge in [-0.3, -0.25) is 24.5 Å². The molecule has 3 aliphatic heterocycles. The minimum atomic E-state index is -0.722. The van der Waals surface area contributed by atoms with Crippen molar-refractivity contribution in [2.75, 3.05) is 32.7 Å². The molecule has 1 aromatic carbocycles. The number of carbonyl (C=O) groups is 1. The lowest BCUT2D eigenvalue weighted by atomic mass is 9.78. The summed E-state index contributed by atoms with van der Waals surface area (Å²) in [6, 6.07) is 6.57. The molecule has 0 bridgehead atoms. The maximum absolute atomic E-state index is 13.7. The van der Waals surface area contributed by atoms with Crippen molar-refractivity contribution in [3.63, 3.8) is 0 Å². The number of halogens is 2. The molecule has 0 spiro atoms. The van der Waals surface area contributed by atoms with E-state index in [1.165, 1.54) is 6.08 Å². The molecule has 4 aliphatic rings. The van der Waals surface area contributed by atoms with E-state index < -0.39 is 6.17 Å². The third-order valence-electron chi connectivity index (χ3n) is 9.73. The summed E-state index contributed by atoms with van der Waals surface area (Å²) in [4.78, 5) is 16.3. The zero-order valence-electron chi connectivity index (χ0n) is 25.2. The van der Waals surface area contributed by atoms with Crippen LogP contribution in [0.3, 0.4) is 0 Å². The second kappa shape index (κ2) is 11.6. The number of piperidine rings is 1. The number of carbonyl (C=O) groups excluding carboxylic acids is 1. The van der Waals surface area contributed by atoms with Gasteiger partial charge in [0.15, 0.2) is 0 Å². The number of nitrogens with zero attached hydrogens (tertiary/aromatic N) is 7. The number of likely N-dealkylation sites (tertiary alicyclic amines) is 2. The molecule has 2 fully saturated rings. The molecule has 9 nitrogen and oxygen atoms in total. The van der Waals surface area contributed by atoms with Crippen molar-refractivity contribution in [3.05, 3.63) is 70.7 Å². The van der Waals surface area contributed by atoms with Crippen molar-refractivity contribution in [2.45, 2.75) is 57.8 Å². The second-order valence-corrected chi connectivity index (χ2v) is 12.8. The normalized spacial score (nSPS) is 24.2. The first-order valence-electron chi connectivity index (χ1n) is 15.5. The van der Waals surface area contributed by atoms with Crippen LogP contribution in [0.15, 0.2) is 64.5 Å². The molecule has 3 aromatic rings. The Kier molecular flexibility index (Phi) is 7.66. The van der Waals surface area contributed by atoms with Crippen molar-refractivity contribution < 1.29 is 9.18 Å². The lowest BCUT2D eigenvalue weighted by Crippen LogP contribution is -2.38. The standard InChI is InChI=1S/C33H38ClFN8O/c1-4-29(44)41-11-8-25(9-12-41)43-21(3)30(31-26-18-36-38-27(26)15-20(2)32(31)34)33(39-43)22-5-6-28-23(16-22)17-37-42(28)14-13-40-10-7-24(35)19-40/h4-6,15-18,24-26,31,38H,1,7-14,19H2,2-3H3/t24-,26?,31+/m0/s1. The van der Waals surface area contributed by atoms with Gasteiger partial charge in [0.2, 0.25) is 5.91 Å². The van der Waals surface area contributed by atoms with Gasteiger partial charge in [-0.15, -0.1) is 0 Å². The van der Waals surface area contributed by atoms with Crippen molar-refractivity contribution in [1.29, 1.82) is 0 Å². The maximum Gasteiger partial charge on any atom is 0.245 e. The number of hydrazone groups is 1. The summed E-state index contributed by atoms with van der Waals surface area (Å²) in [5, 5.41) is 16.2. The fraction of sp³-hybridized carbons (Fsp3) is 0.455. The number of amides is 1. The van der Waals surface area contributed by atoms with E-state index in [1.807, 2.05) is 28.9 Å². The van der Waals surface area contributed by atoms with E-state index in [-0.39, 0.29) is 23.8 Å². The number of rotatable bonds is 7. The molecule has 2 aromatic heterocycles. The van der Waals surface area contributed by atoms with E-state index >= 15 is 0 Å². The fourth-order valence-corrected chi connectivity index (χ4v) is 7.62. The summed E-state index contributed by atoms with van der Waals surface area (Å²) in [7, 11) is 0. The second-order valence-electron chi connectivity index (χ2n) is 12.4. The number of aromatic nitrogens is 4. The van der Waals surface area contributed by atoms with Gasteiger partial charge in [-0.2, -0.15) is 15.3 Å². The van der Waals surface area contributed by atoms with Crippen LogP contribution in [-0.4, -0.2) is 80.4 Å². The Labute approximate surface area is 261 Å². The molecule has 1 unspecified atom stereocenters. The highest BCUT2D eigenvalue weighted by molar-refractivity contribution is 6.31. The van der Waals surface area contributed by atoms with Crippen LogP contribution in [0.4, 0.5) is 4.39 Å². The Balaban J connectivity index is 1.26. The van der Waals surface area contributed by atoms with Crippen LogP contribution in [0.25, 0.3) is 22.2 Å². The van der Waals surface area contributed by atoms with Crippen molar-refractivity contribution in [3.8, 4) is 11.3 Å². The largest absolute Gasteiger partial charge is 0.339 e. The van der Waals surface area contributed by atoms with Gasteiger partial charge in [-0.1, -0.05) is 24.2 Å². The number of benzene rings is 1. The molecule has 5 heterocycles. The average molecular weight is 617 g/mol. The van der Waals surface area contributed by atoms with Gasteiger partial charge in [0, 0.05) is 83.7 Å². The third kappa shape index (κ3) is 5.07. The summed E-state index contributed by atoms with van der Waals surface area (Å²) >= 11 is 7.14. The smallest absolute Gasteiger partial charge is 0.245 e. The number of nitrogens with one attached hydrogen (secondary N) is 1. The number of hydrogen-bond acceptors (Lipinski definition) is 6. The summed E-state index contributed by atoms with van der Waals surface area (Å²) in [6.07, 6.45) is 8.85. The van der Waals surface area contributed by atoms with Gasteiger partial charge in [-0.25, -0.2) is 4.39 Å². The predicted molar refractivity (Wildman–Crippen MR) is 171 cm³/mol. The first-order chi connectivity index (χ1) is 21.3. The number of alkyl halides is 1. The monoisotopic (exact) mass is 616 g/mol. The summed E-state index contributed by atoms with van der Waals surface area (Å²) in [6.45, 7) is 12.0. The minimum Gasteiger partial charge on any atom is -0.339 e. The van der Waals surface area contributed by atoms with Crippen molar-refractivity contribution >= 4 is 34.6 Å². The van der Waals surface area contributed by atoms with Crippen LogP contribution >= 0.6 is 11.6 Å². The minimum absolute atomic E-state index is 0.00523. The molecule has 44 heavy (non-hydrogen) atoms. The molecule has 1 N–H and O–H groups in total. The third-order valence-corrected chi connectivity index (χ3v) is 10.3. The lowest BCUT2D eigenvalue weighted by Gasteiger charge is -2.32. The quantitative estimate of drug-likeness (QED) is 0.364. The van der Waals surface area contributed by atoms with E-state index in [0.717, 1.165) is 75.7 Å². The van der Waals surface area contributed by atoms with Crippen molar-refractivity contribution in [1.82, 2.24) is 34.8 Å². The zero-order valence-corrected chi connectivity index (χ0v) is 26.0. The van der Waals surface area contributed by atoms with Crippen molar-refractivity contribution in [2.24, 2.45) is 11.0 Å². The molecule has 1 aliphatic carbocycles. The van der Waals surface area contributed by atoms with Crippen LogP contribution < -0.4 is 5.43 Å². The summed E-state index contributed by atoms with van der Waals surface area (Å²) in [5.74, 6) is -0.154. The van der Waals surface area contributed by atoms with Crippen LogP contribution in [0.2, 0.25) is 0 Å². The van der Waals surface area contributed by atoms with Gasteiger partial charge in [0.1, 0.15) is 6.17 Å². The number of fused-ring (bicyclic) bond motifs is 2. The average Bonchev–Trinajstić information content (AvgIpc) is 3.83. The molecule has 230 valence electrons. The Morgan fingerprint density at radius 1 is 1.18 bits per heavy atom. The molecular formula is C33H38ClFN8O. The lowest BCUT2D eigenvalue weighted by molar-refractivity contribution is -0.127. The Hall–Kier alpha value is -3.76. The molecule has 0 radical (unpaired) electrons. The van der Waals surface area contributed by atoms with Crippen LogP contribution in [-0.2, 0) is 11.3 Å². The van der Waals surface area contributed by atoms with Crippen LogP contribution in [0.5, 0.6) is 0 Å². The van der Waals surface area contributed by atoms with Gasteiger partial charge < -0.3 is 4.90 Å². The molecule has 7 rings (SSSR count). The molecule has 11 heteroatoms. The summed E-state index contributed by atoms with van der Waals surface area (Å²) in [5.41, 5.74) is 10.4. The van der Waals surface area contributed by atoms with Gasteiger partial charge in [0.25, 0.3) is 0 Å². The van der Waals surface area contributed by atoms with Gasteiger partial charge >= 0.3 is 0 Å². The highest BCUT2D eigenvalue weighted by Crippen LogP contribution is 2.48. The number of hydrogen-bond donors (Lipinski definition) is 1. The zero-order chi connectivity index (χ0) is 30.5. The highest BCUT2D eigenvalue weighted by atomic mass is 35.5. The first-order valence-corrected chi connectivity index (χ1v) is 15.9. The topological polar surface area (TPSA) is 83.6 Å². The molecule has 0 saturated carbocycles. The van der Waals surface area contributed by atoms with E-state index in [4.69, 9.17) is 16.7 Å². The molecule has 1 amide bonds. The van der Waals surface area contributed by atoms with E-state index in [2.05, 4.69) is 63.0 Å². The van der Waals surface area contributed by atoms with Gasteiger partial charge in [0.05, 0.1) is 30.0 Å². The predicted octanol–water partition coefficient (Wildman–Crippen LogP) is 5.30. The van der Waals surface area contributed by atoms with Crippen LogP contribution in [0, 0.1) is 12.8 Å². The Morgan fingerprint density at radius 2 is 2.00 bits per heavy atom.